The van der Waals surface area contributed by atoms with E-state index in [4.69, 9.17) is 10.3 Å². The normalized spacial score (nSPS) is 11.1. The number of pyridine rings is 1. The molecular formula is C10H9N5O. The number of nitrogen functional groups attached to an aromatic ring is 1. The minimum absolute atomic E-state index is 0.404. The number of aromatic nitrogens is 4. The molecule has 16 heavy (non-hydrogen) atoms. The minimum atomic E-state index is 0.404. The van der Waals surface area contributed by atoms with Crippen molar-refractivity contribution in [1.82, 2.24) is 19.5 Å². The molecule has 6 heteroatoms. The van der Waals surface area contributed by atoms with E-state index in [1.54, 1.807) is 16.8 Å². The summed E-state index contributed by atoms with van der Waals surface area (Å²) in [5, 5.41) is 3.95. The maximum atomic E-state index is 5.91. The van der Waals surface area contributed by atoms with Crippen molar-refractivity contribution in [1.29, 1.82) is 0 Å². The Hall–Kier alpha value is -2.37. The van der Waals surface area contributed by atoms with Crippen LogP contribution in [0.2, 0.25) is 0 Å². The van der Waals surface area contributed by atoms with E-state index in [9.17, 15) is 0 Å². The Labute approximate surface area is 90.7 Å². The maximum absolute atomic E-state index is 5.91. The van der Waals surface area contributed by atoms with Gasteiger partial charge in [0.1, 0.15) is 5.82 Å². The van der Waals surface area contributed by atoms with Crippen LogP contribution >= 0.6 is 0 Å². The topological polar surface area (TPSA) is 82.2 Å². The second-order valence-corrected chi connectivity index (χ2v) is 3.44. The summed E-state index contributed by atoms with van der Waals surface area (Å²) in [7, 11) is 0. The van der Waals surface area contributed by atoms with Crippen LogP contribution in [0, 0.1) is 6.92 Å². The lowest BCUT2D eigenvalue weighted by molar-refractivity contribution is 0.449. The number of nitrogens with zero attached hydrogens (tertiary/aromatic N) is 4. The summed E-state index contributed by atoms with van der Waals surface area (Å²) in [5.74, 6) is 1.58. The highest BCUT2D eigenvalue weighted by molar-refractivity contribution is 5.61. The minimum Gasteiger partial charge on any atom is -0.383 e. The maximum Gasteiger partial charge on any atom is 0.334 e. The molecule has 3 aromatic rings. The molecule has 3 aromatic heterocycles. The van der Waals surface area contributed by atoms with E-state index in [1.807, 2.05) is 19.1 Å². The molecule has 3 heterocycles. The molecule has 0 saturated carbocycles. The number of hydrogen-bond donors (Lipinski definition) is 1. The highest BCUT2D eigenvalue weighted by atomic mass is 16.5. The molecule has 0 aromatic carbocycles. The van der Waals surface area contributed by atoms with Crippen molar-refractivity contribution in [2.24, 2.45) is 0 Å². The number of aryl methyl sites for hydroxylation is 1. The van der Waals surface area contributed by atoms with E-state index in [0.717, 1.165) is 11.3 Å². The van der Waals surface area contributed by atoms with Crippen LogP contribution in [0.3, 0.4) is 0 Å². The molecule has 3 rings (SSSR count). The fourth-order valence-electron chi connectivity index (χ4n) is 1.59. The molecule has 0 unspecified atom stereocenters. The van der Waals surface area contributed by atoms with Crippen LogP contribution < -0.4 is 5.73 Å². The lowest BCUT2D eigenvalue weighted by atomic mass is 10.2. The zero-order valence-corrected chi connectivity index (χ0v) is 8.58. The summed E-state index contributed by atoms with van der Waals surface area (Å²) in [5.41, 5.74) is 7.53. The second kappa shape index (κ2) is 3.06. The lowest BCUT2D eigenvalue weighted by Gasteiger charge is -1.97. The molecular weight excluding hydrogens is 206 g/mol. The van der Waals surface area contributed by atoms with Crippen LogP contribution in [0.1, 0.15) is 5.69 Å². The van der Waals surface area contributed by atoms with Crippen LogP contribution in [0.4, 0.5) is 5.82 Å². The summed E-state index contributed by atoms with van der Waals surface area (Å²) in [6.45, 7) is 1.83. The molecule has 6 nitrogen and oxygen atoms in total. The molecule has 0 saturated heterocycles. The molecule has 0 bridgehead atoms. The SMILES string of the molecule is Cc1nc2onc(-c3ccncc3)n2c1N. The molecule has 0 amide bonds. The fourth-order valence-corrected chi connectivity index (χ4v) is 1.59. The number of rotatable bonds is 1. The van der Waals surface area contributed by atoms with Crippen LogP contribution in [0.25, 0.3) is 17.2 Å². The quantitative estimate of drug-likeness (QED) is 0.661. The first kappa shape index (κ1) is 8.90. The van der Waals surface area contributed by atoms with E-state index in [0.29, 0.717) is 17.5 Å². The molecule has 0 aliphatic heterocycles. The first-order valence-corrected chi connectivity index (χ1v) is 4.78. The molecule has 2 N–H and O–H groups in total. The zero-order valence-electron chi connectivity index (χ0n) is 8.58. The van der Waals surface area contributed by atoms with Gasteiger partial charge in [-0.15, -0.1) is 0 Å². The Morgan fingerprint density at radius 1 is 1.31 bits per heavy atom. The summed E-state index contributed by atoms with van der Waals surface area (Å²) >= 11 is 0. The van der Waals surface area contributed by atoms with Gasteiger partial charge in [0.05, 0.1) is 5.69 Å². The monoisotopic (exact) mass is 215 g/mol. The van der Waals surface area contributed by atoms with Crippen LogP contribution in [-0.2, 0) is 0 Å². The summed E-state index contributed by atoms with van der Waals surface area (Å²) < 4.78 is 6.79. The number of anilines is 1. The Kier molecular flexibility index (Phi) is 1.70. The summed E-state index contributed by atoms with van der Waals surface area (Å²) in [6.07, 6.45) is 3.38. The fraction of sp³-hybridized carbons (Fsp3) is 0.100. The van der Waals surface area contributed by atoms with Crippen LogP contribution in [-0.4, -0.2) is 19.5 Å². The average Bonchev–Trinajstić information content (AvgIpc) is 2.83. The smallest absolute Gasteiger partial charge is 0.334 e. The van der Waals surface area contributed by atoms with Crippen molar-refractivity contribution in [2.75, 3.05) is 5.73 Å². The Bertz CT molecular complexity index is 640. The Morgan fingerprint density at radius 3 is 2.81 bits per heavy atom. The molecule has 0 fully saturated rings. The van der Waals surface area contributed by atoms with Crippen molar-refractivity contribution in [3.8, 4) is 11.4 Å². The average molecular weight is 215 g/mol. The van der Waals surface area contributed by atoms with E-state index >= 15 is 0 Å². The van der Waals surface area contributed by atoms with Crippen molar-refractivity contribution in [3.05, 3.63) is 30.2 Å². The van der Waals surface area contributed by atoms with E-state index in [-0.39, 0.29) is 0 Å². The molecule has 0 spiro atoms. The van der Waals surface area contributed by atoms with Gasteiger partial charge in [-0.05, 0) is 19.1 Å². The standard InChI is InChI=1S/C10H9N5O/c1-6-8(11)15-9(14-16-10(15)13-6)7-2-4-12-5-3-7/h2-5H,11H2,1H3. The highest BCUT2D eigenvalue weighted by Crippen LogP contribution is 2.23. The van der Waals surface area contributed by atoms with Crippen molar-refractivity contribution in [2.45, 2.75) is 6.92 Å². The predicted molar refractivity (Wildman–Crippen MR) is 57.6 cm³/mol. The number of imidazole rings is 1. The summed E-state index contributed by atoms with van der Waals surface area (Å²) in [4.78, 5) is 8.10. The molecule has 0 radical (unpaired) electrons. The first-order valence-electron chi connectivity index (χ1n) is 4.78. The van der Waals surface area contributed by atoms with Gasteiger partial charge in [0.15, 0.2) is 5.82 Å². The van der Waals surface area contributed by atoms with Crippen molar-refractivity contribution < 1.29 is 4.52 Å². The first-order chi connectivity index (χ1) is 7.77. The van der Waals surface area contributed by atoms with Gasteiger partial charge in [-0.2, -0.15) is 4.98 Å². The summed E-state index contributed by atoms with van der Waals surface area (Å²) in [6, 6.07) is 3.68. The third kappa shape index (κ3) is 1.10. The van der Waals surface area contributed by atoms with E-state index in [2.05, 4.69) is 15.1 Å². The van der Waals surface area contributed by atoms with Gasteiger partial charge in [0.2, 0.25) is 0 Å². The van der Waals surface area contributed by atoms with Crippen molar-refractivity contribution in [3.63, 3.8) is 0 Å². The van der Waals surface area contributed by atoms with Crippen molar-refractivity contribution >= 4 is 11.7 Å². The van der Waals surface area contributed by atoms with Gasteiger partial charge >= 0.3 is 5.84 Å². The molecule has 0 aliphatic carbocycles. The van der Waals surface area contributed by atoms with Gasteiger partial charge in [0, 0.05) is 18.0 Å². The van der Waals surface area contributed by atoms with Gasteiger partial charge in [-0.1, -0.05) is 5.16 Å². The number of hydrogen-bond acceptors (Lipinski definition) is 5. The largest absolute Gasteiger partial charge is 0.383 e. The third-order valence-electron chi connectivity index (χ3n) is 2.43. The lowest BCUT2D eigenvalue weighted by Crippen LogP contribution is -1.95. The van der Waals surface area contributed by atoms with Crippen LogP contribution in [0.5, 0.6) is 0 Å². The second-order valence-electron chi connectivity index (χ2n) is 3.44. The van der Waals surface area contributed by atoms with Gasteiger partial charge in [-0.3, -0.25) is 4.98 Å². The molecule has 0 atom stereocenters. The zero-order chi connectivity index (χ0) is 11.1. The Balaban J connectivity index is 2.32. The Morgan fingerprint density at radius 2 is 2.06 bits per heavy atom. The predicted octanol–water partition coefficient (Wildman–Crippen LogP) is 1.27. The number of nitrogens with two attached hydrogens (primary N) is 1. The highest BCUT2D eigenvalue weighted by Gasteiger charge is 2.15. The van der Waals surface area contributed by atoms with Crippen LogP contribution in [0.15, 0.2) is 29.0 Å². The van der Waals surface area contributed by atoms with E-state index < -0.39 is 0 Å². The number of fused-ring (bicyclic) bond motifs is 1. The molecule has 80 valence electrons. The third-order valence-corrected chi connectivity index (χ3v) is 2.43. The van der Waals surface area contributed by atoms with Gasteiger partial charge in [-0.25, -0.2) is 4.40 Å². The molecule has 0 aliphatic rings. The van der Waals surface area contributed by atoms with Gasteiger partial charge < -0.3 is 10.3 Å². The van der Waals surface area contributed by atoms with E-state index in [1.165, 1.54) is 0 Å². The van der Waals surface area contributed by atoms with Gasteiger partial charge in [0.25, 0.3) is 0 Å².